The number of benzene rings is 1. The molecule has 5 nitrogen and oxygen atoms in total. The van der Waals surface area contributed by atoms with Crippen molar-refractivity contribution in [1.82, 2.24) is 0 Å². The molecule has 1 rings (SSSR count). The van der Waals surface area contributed by atoms with E-state index >= 15 is 0 Å². The number of hydrogen-bond acceptors (Lipinski definition) is 5. The maximum Gasteiger partial charge on any atom is 0.310 e. The van der Waals surface area contributed by atoms with Gasteiger partial charge in [-0.05, 0) is 0 Å². The monoisotopic (exact) mass is 287 g/mol. The minimum Gasteiger partial charge on any atom is -0.495 e. The smallest absolute Gasteiger partial charge is 0.310 e. The van der Waals surface area contributed by atoms with Crippen molar-refractivity contribution in [2.45, 2.75) is 6.92 Å². The van der Waals surface area contributed by atoms with Crippen LogP contribution in [-0.2, 0) is 9.53 Å². The molecule has 0 heterocycles. The molecule has 1 N–H and O–H groups in total. The molecule has 0 aliphatic carbocycles. The summed E-state index contributed by atoms with van der Waals surface area (Å²) in [6, 6.07) is 3.39. The van der Waals surface area contributed by atoms with Gasteiger partial charge in [-0.2, -0.15) is 0 Å². The SMILES string of the molecule is COC(=O)C(C)CNc1cc(OC)c(Cl)cc1OC. The van der Waals surface area contributed by atoms with E-state index in [9.17, 15) is 4.79 Å². The summed E-state index contributed by atoms with van der Waals surface area (Å²) in [5, 5.41) is 3.58. The molecule has 0 saturated heterocycles. The number of nitrogens with one attached hydrogen (secondary N) is 1. The minimum absolute atomic E-state index is 0.267. The van der Waals surface area contributed by atoms with Crippen molar-refractivity contribution in [3.8, 4) is 11.5 Å². The van der Waals surface area contributed by atoms with Gasteiger partial charge in [-0.1, -0.05) is 18.5 Å². The molecule has 1 unspecified atom stereocenters. The van der Waals surface area contributed by atoms with Gasteiger partial charge in [0.2, 0.25) is 0 Å². The summed E-state index contributed by atoms with van der Waals surface area (Å²) in [5.41, 5.74) is 0.708. The van der Waals surface area contributed by atoms with Crippen LogP contribution in [0.2, 0.25) is 5.02 Å². The average Bonchev–Trinajstić information content (AvgIpc) is 2.44. The molecule has 1 aromatic carbocycles. The molecule has 0 amide bonds. The van der Waals surface area contributed by atoms with E-state index < -0.39 is 0 Å². The third kappa shape index (κ3) is 3.92. The summed E-state index contributed by atoms with van der Waals surface area (Å²) in [5.74, 6) is 0.585. The highest BCUT2D eigenvalue weighted by atomic mass is 35.5. The third-order valence-electron chi connectivity index (χ3n) is 2.68. The minimum atomic E-state index is -0.271. The molecule has 1 aromatic rings. The van der Waals surface area contributed by atoms with Crippen molar-refractivity contribution in [2.75, 3.05) is 33.2 Å². The van der Waals surface area contributed by atoms with E-state index in [1.807, 2.05) is 0 Å². The lowest BCUT2D eigenvalue weighted by atomic mass is 10.2. The third-order valence-corrected chi connectivity index (χ3v) is 2.97. The highest BCUT2D eigenvalue weighted by Crippen LogP contribution is 2.35. The van der Waals surface area contributed by atoms with Crippen LogP contribution < -0.4 is 14.8 Å². The van der Waals surface area contributed by atoms with Crippen LogP contribution in [0.1, 0.15) is 6.92 Å². The van der Waals surface area contributed by atoms with Gasteiger partial charge in [0, 0.05) is 18.7 Å². The topological polar surface area (TPSA) is 56.8 Å². The summed E-state index contributed by atoms with van der Waals surface area (Å²) in [4.78, 5) is 11.3. The molecule has 106 valence electrons. The Morgan fingerprint density at radius 1 is 1.26 bits per heavy atom. The van der Waals surface area contributed by atoms with Crippen molar-refractivity contribution in [3.63, 3.8) is 0 Å². The van der Waals surface area contributed by atoms with E-state index in [1.54, 1.807) is 26.2 Å². The second kappa shape index (κ2) is 7.09. The maximum absolute atomic E-state index is 11.3. The van der Waals surface area contributed by atoms with Crippen molar-refractivity contribution in [2.24, 2.45) is 5.92 Å². The molecule has 0 aromatic heterocycles. The van der Waals surface area contributed by atoms with Crippen molar-refractivity contribution in [3.05, 3.63) is 17.2 Å². The Balaban J connectivity index is 2.84. The van der Waals surface area contributed by atoms with E-state index in [-0.39, 0.29) is 11.9 Å². The molecule has 1 atom stereocenters. The lowest BCUT2D eigenvalue weighted by Gasteiger charge is -2.16. The van der Waals surface area contributed by atoms with Crippen LogP contribution in [0.4, 0.5) is 5.69 Å². The van der Waals surface area contributed by atoms with Gasteiger partial charge in [-0.15, -0.1) is 0 Å². The van der Waals surface area contributed by atoms with Gasteiger partial charge in [0.15, 0.2) is 0 Å². The standard InChI is InChI=1S/C13H18ClNO4/c1-8(13(16)19-4)7-15-10-6-11(17-2)9(14)5-12(10)18-3/h5-6,8,15H,7H2,1-4H3. The highest BCUT2D eigenvalue weighted by molar-refractivity contribution is 6.32. The fourth-order valence-corrected chi connectivity index (χ4v) is 1.78. The van der Waals surface area contributed by atoms with Gasteiger partial charge in [0.25, 0.3) is 0 Å². The van der Waals surface area contributed by atoms with Crippen LogP contribution in [0.5, 0.6) is 11.5 Å². The van der Waals surface area contributed by atoms with E-state index in [2.05, 4.69) is 10.1 Å². The fraction of sp³-hybridized carbons (Fsp3) is 0.462. The first-order chi connectivity index (χ1) is 9.03. The summed E-state index contributed by atoms with van der Waals surface area (Å²) in [6.45, 7) is 2.20. The number of carbonyl (C=O) groups excluding carboxylic acids is 1. The van der Waals surface area contributed by atoms with E-state index in [1.165, 1.54) is 14.2 Å². The number of anilines is 1. The number of methoxy groups -OCH3 is 3. The molecule has 0 aliphatic rings. The number of carbonyl (C=O) groups is 1. The molecule has 0 radical (unpaired) electrons. The van der Waals surface area contributed by atoms with Crippen molar-refractivity contribution in [1.29, 1.82) is 0 Å². The van der Waals surface area contributed by atoms with Crippen molar-refractivity contribution >= 4 is 23.3 Å². The average molecular weight is 288 g/mol. The zero-order valence-electron chi connectivity index (χ0n) is 11.5. The van der Waals surface area contributed by atoms with Gasteiger partial charge >= 0.3 is 5.97 Å². The van der Waals surface area contributed by atoms with Gasteiger partial charge in [0.05, 0.1) is 38.0 Å². The summed E-state index contributed by atoms with van der Waals surface area (Å²) in [7, 11) is 4.45. The Bertz CT molecular complexity index is 451. The zero-order valence-corrected chi connectivity index (χ0v) is 12.2. The largest absolute Gasteiger partial charge is 0.495 e. The van der Waals surface area contributed by atoms with Crippen LogP contribution in [0, 0.1) is 5.92 Å². The van der Waals surface area contributed by atoms with Crippen LogP contribution in [0.3, 0.4) is 0 Å². The Morgan fingerprint density at radius 3 is 2.42 bits per heavy atom. The molecule has 0 bridgehead atoms. The molecular weight excluding hydrogens is 270 g/mol. The summed E-state index contributed by atoms with van der Waals surface area (Å²) >= 11 is 6.01. The van der Waals surface area contributed by atoms with Crippen LogP contribution in [-0.4, -0.2) is 33.8 Å². The Morgan fingerprint density at radius 2 is 1.89 bits per heavy atom. The van der Waals surface area contributed by atoms with Gasteiger partial charge in [0.1, 0.15) is 11.5 Å². The second-order valence-electron chi connectivity index (χ2n) is 3.99. The fourth-order valence-electron chi connectivity index (χ4n) is 1.55. The molecule has 0 aliphatic heterocycles. The van der Waals surface area contributed by atoms with Gasteiger partial charge < -0.3 is 19.5 Å². The van der Waals surface area contributed by atoms with Crippen molar-refractivity contribution < 1.29 is 19.0 Å². The van der Waals surface area contributed by atoms with E-state index in [4.69, 9.17) is 21.1 Å². The normalized spacial score (nSPS) is 11.6. The first-order valence-electron chi connectivity index (χ1n) is 5.76. The predicted octanol–water partition coefficient (Wildman–Crippen LogP) is 2.58. The molecular formula is C13H18ClNO4. The first-order valence-corrected chi connectivity index (χ1v) is 6.14. The molecule has 0 fully saturated rings. The lowest BCUT2D eigenvalue weighted by Crippen LogP contribution is -2.21. The Hall–Kier alpha value is -1.62. The van der Waals surface area contributed by atoms with Crippen LogP contribution in [0.15, 0.2) is 12.1 Å². The number of esters is 1. The van der Waals surface area contributed by atoms with E-state index in [0.717, 1.165) is 0 Å². The number of hydrogen-bond donors (Lipinski definition) is 1. The molecule has 6 heteroatoms. The summed E-state index contributed by atoms with van der Waals surface area (Å²) in [6.07, 6.45) is 0. The molecule has 0 saturated carbocycles. The number of ether oxygens (including phenoxy) is 3. The quantitative estimate of drug-likeness (QED) is 0.815. The number of rotatable bonds is 6. The number of halogens is 1. The van der Waals surface area contributed by atoms with Gasteiger partial charge in [-0.3, -0.25) is 4.79 Å². The first kappa shape index (κ1) is 15.4. The second-order valence-corrected chi connectivity index (χ2v) is 4.40. The van der Waals surface area contributed by atoms with Crippen LogP contribution in [0.25, 0.3) is 0 Å². The predicted molar refractivity (Wildman–Crippen MR) is 74.2 cm³/mol. The Kier molecular flexibility index (Phi) is 5.76. The van der Waals surface area contributed by atoms with Gasteiger partial charge in [-0.25, -0.2) is 0 Å². The van der Waals surface area contributed by atoms with Crippen LogP contribution >= 0.6 is 11.6 Å². The Labute approximate surface area is 117 Å². The molecule has 0 spiro atoms. The highest BCUT2D eigenvalue weighted by Gasteiger charge is 2.15. The van der Waals surface area contributed by atoms with E-state index in [0.29, 0.717) is 28.8 Å². The molecule has 19 heavy (non-hydrogen) atoms. The lowest BCUT2D eigenvalue weighted by molar-refractivity contribution is -0.144. The zero-order chi connectivity index (χ0) is 14.4. The maximum atomic E-state index is 11.3. The summed E-state index contributed by atoms with van der Waals surface area (Å²) < 4.78 is 15.0.